The summed E-state index contributed by atoms with van der Waals surface area (Å²) in [5.41, 5.74) is 0.401. The summed E-state index contributed by atoms with van der Waals surface area (Å²) in [4.78, 5) is 31.8. The summed E-state index contributed by atoms with van der Waals surface area (Å²) in [6, 6.07) is 5.83. The molecular weight excluding hydrogens is 465 g/mol. The molecule has 0 spiro atoms. The van der Waals surface area contributed by atoms with E-state index in [-0.39, 0.29) is 23.7 Å². The number of nitrogens with one attached hydrogen (secondary N) is 1. The lowest BCUT2D eigenvalue weighted by Gasteiger charge is -2.32. The number of aliphatic hydroxyl groups excluding tert-OH is 1. The number of amides is 2. The smallest absolute Gasteiger partial charge is 0.383 e. The van der Waals surface area contributed by atoms with Gasteiger partial charge in [0, 0.05) is 18.7 Å². The molecule has 9 nitrogen and oxygen atoms in total. The third-order valence-corrected chi connectivity index (χ3v) is 5.75. The zero-order valence-electron chi connectivity index (χ0n) is 19.0. The number of carbonyl (C=O) groups is 2. The molecule has 12 heteroatoms. The number of alkyl halides is 3. The van der Waals surface area contributed by atoms with Gasteiger partial charge in [-0.05, 0) is 35.6 Å². The Morgan fingerprint density at radius 1 is 1.17 bits per heavy atom. The first-order chi connectivity index (χ1) is 16.6. The van der Waals surface area contributed by atoms with Gasteiger partial charge in [0.1, 0.15) is 11.7 Å². The molecule has 0 bridgehead atoms. The SMILES string of the molecule is CC(C)C(O)C(=O)N1CCc2cccc(C(=O)Nc3cnc(-n4nccn4)c(C(F)(F)F)c3)c2C1. The fraction of sp³-hybridized carbons (Fsp3) is 0.348. The van der Waals surface area contributed by atoms with Crippen LogP contribution in [0.1, 0.15) is 40.9 Å². The number of hydrogen-bond donors (Lipinski definition) is 2. The summed E-state index contributed by atoms with van der Waals surface area (Å²) >= 11 is 0. The topological polar surface area (TPSA) is 113 Å². The van der Waals surface area contributed by atoms with Crippen molar-refractivity contribution in [2.45, 2.75) is 39.1 Å². The van der Waals surface area contributed by atoms with Gasteiger partial charge in [0.15, 0.2) is 5.82 Å². The van der Waals surface area contributed by atoms with Crippen LogP contribution in [-0.2, 0) is 23.9 Å². The number of rotatable bonds is 5. The lowest BCUT2D eigenvalue weighted by Crippen LogP contribution is -2.44. The Hall–Kier alpha value is -3.80. The molecule has 1 aliphatic rings. The van der Waals surface area contributed by atoms with Crippen molar-refractivity contribution in [1.29, 1.82) is 0 Å². The Bertz CT molecular complexity index is 1240. The molecule has 1 aliphatic heterocycles. The second kappa shape index (κ2) is 9.45. The van der Waals surface area contributed by atoms with Crippen LogP contribution in [0.3, 0.4) is 0 Å². The predicted molar refractivity (Wildman–Crippen MR) is 119 cm³/mol. The molecule has 1 aromatic carbocycles. The number of carbonyl (C=O) groups excluding carboxylic acids is 2. The Morgan fingerprint density at radius 3 is 2.54 bits per heavy atom. The number of aliphatic hydroxyl groups is 1. The maximum atomic E-state index is 13.7. The van der Waals surface area contributed by atoms with Crippen LogP contribution in [0.4, 0.5) is 18.9 Å². The fourth-order valence-electron chi connectivity index (χ4n) is 3.87. The third kappa shape index (κ3) is 5.02. The second-order valence-corrected chi connectivity index (χ2v) is 8.51. The molecule has 0 saturated heterocycles. The maximum Gasteiger partial charge on any atom is 0.420 e. The molecule has 0 saturated carbocycles. The minimum absolute atomic E-state index is 0.109. The van der Waals surface area contributed by atoms with Crippen LogP contribution in [0.25, 0.3) is 5.82 Å². The van der Waals surface area contributed by atoms with E-state index in [2.05, 4.69) is 20.5 Å². The van der Waals surface area contributed by atoms with E-state index in [1.165, 1.54) is 17.3 Å². The summed E-state index contributed by atoms with van der Waals surface area (Å²) in [6.07, 6.45) is -1.89. The normalized spacial score (nSPS) is 14.5. The Labute approximate surface area is 198 Å². The summed E-state index contributed by atoms with van der Waals surface area (Å²) in [5, 5.41) is 20.0. The number of pyridine rings is 1. The highest BCUT2D eigenvalue weighted by atomic mass is 19.4. The molecule has 3 heterocycles. The molecule has 35 heavy (non-hydrogen) atoms. The van der Waals surface area contributed by atoms with Crippen LogP contribution in [0, 0.1) is 5.92 Å². The van der Waals surface area contributed by atoms with Crippen molar-refractivity contribution >= 4 is 17.5 Å². The van der Waals surface area contributed by atoms with E-state index >= 15 is 0 Å². The number of halogens is 3. The van der Waals surface area contributed by atoms with E-state index in [1.807, 2.05) is 6.07 Å². The zero-order valence-corrected chi connectivity index (χ0v) is 19.0. The molecule has 2 N–H and O–H groups in total. The summed E-state index contributed by atoms with van der Waals surface area (Å²) in [5.74, 6) is -1.85. The van der Waals surface area contributed by atoms with Crippen molar-refractivity contribution in [2.24, 2.45) is 5.92 Å². The number of nitrogens with zero attached hydrogens (tertiary/aromatic N) is 5. The first kappa shape index (κ1) is 24.3. The lowest BCUT2D eigenvalue weighted by molar-refractivity contribution is -0.143. The van der Waals surface area contributed by atoms with Gasteiger partial charge in [-0.25, -0.2) is 4.98 Å². The average molecular weight is 488 g/mol. The minimum atomic E-state index is -4.76. The largest absolute Gasteiger partial charge is 0.420 e. The Balaban J connectivity index is 1.61. The Kier molecular flexibility index (Phi) is 6.57. The first-order valence-corrected chi connectivity index (χ1v) is 10.9. The van der Waals surface area contributed by atoms with E-state index in [4.69, 9.17) is 0 Å². The van der Waals surface area contributed by atoms with Crippen LogP contribution < -0.4 is 5.32 Å². The molecule has 1 atom stereocenters. The van der Waals surface area contributed by atoms with Crippen molar-refractivity contribution in [3.8, 4) is 5.82 Å². The van der Waals surface area contributed by atoms with Crippen LogP contribution >= 0.6 is 0 Å². The first-order valence-electron chi connectivity index (χ1n) is 10.9. The lowest BCUT2D eigenvalue weighted by atomic mass is 9.93. The van der Waals surface area contributed by atoms with E-state index in [1.54, 1.807) is 26.0 Å². The van der Waals surface area contributed by atoms with Crippen molar-refractivity contribution in [3.63, 3.8) is 0 Å². The summed E-state index contributed by atoms with van der Waals surface area (Å²) in [6.45, 7) is 3.96. The molecule has 4 rings (SSSR count). The quantitative estimate of drug-likeness (QED) is 0.571. The van der Waals surface area contributed by atoms with Crippen LogP contribution in [0.5, 0.6) is 0 Å². The van der Waals surface area contributed by atoms with Gasteiger partial charge in [0.05, 0.1) is 24.3 Å². The van der Waals surface area contributed by atoms with Crippen molar-refractivity contribution in [1.82, 2.24) is 24.9 Å². The monoisotopic (exact) mass is 488 g/mol. The van der Waals surface area contributed by atoms with Gasteiger partial charge in [-0.3, -0.25) is 9.59 Å². The van der Waals surface area contributed by atoms with Gasteiger partial charge in [0.25, 0.3) is 11.8 Å². The standard InChI is InChI=1S/C23H23F3N6O3/c1-13(2)19(33)22(35)31-9-6-14-4-3-5-16(17(14)12-31)21(34)30-15-10-18(23(24,25)26)20(27-11-15)32-28-7-8-29-32/h3-5,7-8,10-11,13,19,33H,6,9,12H2,1-2H3,(H,30,34). The molecule has 0 fully saturated rings. The van der Waals surface area contributed by atoms with E-state index < -0.39 is 35.5 Å². The van der Waals surface area contributed by atoms with E-state index in [9.17, 15) is 27.9 Å². The number of anilines is 1. The molecular formula is C23H23F3N6O3. The summed E-state index contributed by atoms with van der Waals surface area (Å²) in [7, 11) is 0. The number of aromatic nitrogens is 4. The van der Waals surface area contributed by atoms with Crippen LogP contribution in [0.15, 0.2) is 42.9 Å². The minimum Gasteiger partial charge on any atom is -0.383 e. The molecule has 3 aromatic rings. The number of benzene rings is 1. The fourth-order valence-corrected chi connectivity index (χ4v) is 3.87. The van der Waals surface area contributed by atoms with Gasteiger partial charge < -0.3 is 15.3 Å². The molecule has 2 amide bonds. The third-order valence-electron chi connectivity index (χ3n) is 5.75. The highest BCUT2D eigenvalue weighted by Gasteiger charge is 2.36. The zero-order chi connectivity index (χ0) is 25.3. The predicted octanol–water partition coefficient (Wildman–Crippen LogP) is 2.84. The van der Waals surface area contributed by atoms with Crippen LogP contribution in [-0.4, -0.2) is 54.4 Å². The Morgan fingerprint density at radius 2 is 1.89 bits per heavy atom. The van der Waals surface area contributed by atoms with Gasteiger partial charge in [-0.2, -0.15) is 23.4 Å². The second-order valence-electron chi connectivity index (χ2n) is 8.51. The van der Waals surface area contributed by atoms with Crippen molar-refractivity contribution in [3.05, 3.63) is 65.1 Å². The van der Waals surface area contributed by atoms with Gasteiger partial charge in [-0.15, -0.1) is 4.80 Å². The van der Waals surface area contributed by atoms with E-state index in [0.717, 1.165) is 22.6 Å². The average Bonchev–Trinajstić information content (AvgIpc) is 3.36. The van der Waals surface area contributed by atoms with Crippen LogP contribution in [0.2, 0.25) is 0 Å². The molecule has 1 unspecified atom stereocenters. The maximum absolute atomic E-state index is 13.7. The number of hydrogen-bond acceptors (Lipinski definition) is 6. The highest BCUT2D eigenvalue weighted by Crippen LogP contribution is 2.34. The summed E-state index contributed by atoms with van der Waals surface area (Å²) < 4.78 is 41.0. The molecule has 2 aromatic heterocycles. The number of fused-ring (bicyclic) bond motifs is 1. The molecule has 184 valence electrons. The molecule has 0 radical (unpaired) electrons. The van der Waals surface area contributed by atoms with Crippen molar-refractivity contribution < 1.29 is 27.9 Å². The van der Waals surface area contributed by atoms with Gasteiger partial charge >= 0.3 is 6.18 Å². The van der Waals surface area contributed by atoms with E-state index in [0.29, 0.717) is 18.5 Å². The highest BCUT2D eigenvalue weighted by molar-refractivity contribution is 6.05. The van der Waals surface area contributed by atoms with Crippen molar-refractivity contribution in [2.75, 3.05) is 11.9 Å². The molecule has 0 aliphatic carbocycles. The van der Waals surface area contributed by atoms with Gasteiger partial charge in [0.2, 0.25) is 0 Å². The van der Waals surface area contributed by atoms with Gasteiger partial charge in [-0.1, -0.05) is 26.0 Å².